The van der Waals surface area contributed by atoms with Crippen molar-refractivity contribution in [3.05, 3.63) is 24.0 Å². The third-order valence-electron chi connectivity index (χ3n) is 4.31. The van der Waals surface area contributed by atoms with Crippen LogP contribution in [0.3, 0.4) is 0 Å². The molecule has 1 aliphatic carbocycles. The first-order chi connectivity index (χ1) is 9.97. The number of imidazole rings is 1. The largest absolute Gasteiger partial charge is 0.331 e. The van der Waals surface area contributed by atoms with E-state index >= 15 is 0 Å². The normalized spacial score (nSPS) is 17.4. The monoisotopic (exact) mass is 307 g/mol. The Morgan fingerprint density at radius 3 is 2.67 bits per heavy atom. The molecule has 5 nitrogen and oxygen atoms in total. The highest BCUT2D eigenvalue weighted by Gasteiger charge is 2.22. The lowest BCUT2D eigenvalue weighted by Crippen LogP contribution is -2.36. The molecule has 21 heavy (non-hydrogen) atoms. The molecule has 1 aliphatic rings. The number of benzene rings is 1. The van der Waals surface area contributed by atoms with E-state index in [1.54, 1.807) is 12.1 Å². The Balaban J connectivity index is 1.91. The minimum atomic E-state index is -3.45. The molecule has 0 amide bonds. The second-order valence-electron chi connectivity index (χ2n) is 5.82. The smallest absolute Gasteiger partial charge is 0.240 e. The van der Waals surface area contributed by atoms with Crippen molar-refractivity contribution in [2.75, 3.05) is 0 Å². The first-order valence-electron chi connectivity index (χ1n) is 7.43. The van der Waals surface area contributed by atoms with Crippen molar-refractivity contribution >= 4 is 21.1 Å². The zero-order valence-electron chi connectivity index (χ0n) is 12.5. The molecule has 0 saturated heterocycles. The standard InChI is InChI=1S/C15H21N3O2S/c1-11-16-14-10-13(8-9-15(14)18(11)2)21(19,20)17-12-6-4-3-5-7-12/h8-10,12,17H,3-7H2,1-2H3. The van der Waals surface area contributed by atoms with Gasteiger partial charge in [-0.1, -0.05) is 19.3 Å². The first-order valence-corrected chi connectivity index (χ1v) is 8.91. The molecule has 0 unspecified atom stereocenters. The van der Waals surface area contributed by atoms with E-state index in [2.05, 4.69) is 9.71 Å². The minimum Gasteiger partial charge on any atom is -0.331 e. The molecule has 1 heterocycles. The fourth-order valence-corrected chi connectivity index (χ4v) is 4.30. The van der Waals surface area contributed by atoms with Crippen molar-refractivity contribution in [2.45, 2.75) is 50.0 Å². The number of rotatable bonds is 3. The Labute approximate surface area is 125 Å². The maximum Gasteiger partial charge on any atom is 0.240 e. The van der Waals surface area contributed by atoms with Gasteiger partial charge >= 0.3 is 0 Å². The van der Waals surface area contributed by atoms with E-state index in [-0.39, 0.29) is 6.04 Å². The number of nitrogens with one attached hydrogen (secondary N) is 1. The summed E-state index contributed by atoms with van der Waals surface area (Å²) < 4.78 is 29.8. The van der Waals surface area contributed by atoms with Gasteiger partial charge in [-0.3, -0.25) is 0 Å². The Hall–Kier alpha value is -1.40. The summed E-state index contributed by atoms with van der Waals surface area (Å²) in [6, 6.07) is 5.22. The molecular formula is C15H21N3O2S. The van der Waals surface area contributed by atoms with Gasteiger partial charge in [-0.05, 0) is 38.0 Å². The summed E-state index contributed by atoms with van der Waals surface area (Å²) in [6.45, 7) is 1.91. The van der Waals surface area contributed by atoms with Crippen molar-refractivity contribution in [1.29, 1.82) is 0 Å². The van der Waals surface area contributed by atoms with Gasteiger partial charge in [0.1, 0.15) is 5.82 Å². The van der Waals surface area contributed by atoms with Crippen LogP contribution in [0.4, 0.5) is 0 Å². The van der Waals surface area contributed by atoms with E-state index in [1.807, 2.05) is 24.6 Å². The van der Waals surface area contributed by atoms with Gasteiger partial charge in [0.25, 0.3) is 0 Å². The van der Waals surface area contributed by atoms with Crippen molar-refractivity contribution < 1.29 is 8.42 Å². The van der Waals surface area contributed by atoms with Crippen LogP contribution in [0.1, 0.15) is 37.9 Å². The zero-order valence-corrected chi connectivity index (χ0v) is 13.3. The molecule has 2 aromatic rings. The minimum absolute atomic E-state index is 0.0740. The number of aromatic nitrogens is 2. The van der Waals surface area contributed by atoms with Crippen LogP contribution in [0.15, 0.2) is 23.1 Å². The maximum absolute atomic E-state index is 12.5. The molecule has 1 fully saturated rings. The molecule has 1 aromatic carbocycles. The Kier molecular flexibility index (Phi) is 3.75. The predicted octanol–water partition coefficient (Wildman–Crippen LogP) is 2.49. The van der Waals surface area contributed by atoms with Gasteiger partial charge in [0, 0.05) is 13.1 Å². The van der Waals surface area contributed by atoms with Crippen LogP contribution in [0.2, 0.25) is 0 Å². The van der Waals surface area contributed by atoms with Crippen molar-refractivity contribution in [2.24, 2.45) is 7.05 Å². The lowest BCUT2D eigenvalue weighted by Gasteiger charge is -2.22. The highest BCUT2D eigenvalue weighted by Crippen LogP contribution is 2.22. The van der Waals surface area contributed by atoms with Crippen LogP contribution in [0, 0.1) is 6.92 Å². The van der Waals surface area contributed by atoms with Gasteiger partial charge in [-0.25, -0.2) is 18.1 Å². The summed E-state index contributed by atoms with van der Waals surface area (Å²) in [7, 11) is -1.52. The quantitative estimate of drug-likeness (QED) is 0.947. The van der Waals surface area contributed by atoms with Crippen LogP contribution in [-0.4, -0.2) is 24.0 Å². The molecule has 0 radical (unpaired) electrons. The highest BCUT2D eigenvalue weighted by molar-refractivity contribution is 7.89. The molecule has 0 atom stereocenters. The van der Waals surface area contributed by atoms with Gasteiger partial charge in [0.05, 0.1) is 15.9 Å². The average molecular weight is 307 g/mol. The van der Waals surface area contributed by atoms with Crippen molar-refractivity contribution in [3.63, 3.8) is 0 Å². The highest BCUT2D eigenvalue weighted by atomic mass is 32.2. The van der Waals surface area contributed by atoms with E-state index in [0.29, 0.717) is 4.90 Å². The molecule has 0 spiro atoms. The van der Waals surface area contributed by atoms with E-state index in [4.69, 9.17) is 0 Å². The molecule has 0 aliphatic heterocycles. The van der Waals surface area contributed by atoms with Crippen LogP contribution in [0.5, 0.6) is 0 Å². The van der Waals surface area contributed by atoms with Crippen LogP contribution < -0.4 is 4.72 Å². The zero-order chi connectivity index (χ0) is 15.0. The number of aryl methyl sites for hydroxylation is 2. The van der Waals surface area contributed by atoms with Crippen molar-refractivity contribution in [3.8, 4) is 0 Å². The summed E-state index contributed by atoms with van der Waals surface area (Å²) in [5.74, 6) is 0.875. The average Bonchev–Trinajstić information content (AvgIpc) is 2.74. The number of nitrogens with zero attached hydrogens (tertiary/aromatic N) is 2. The fourth-order valence-electron chi connectivity index (χ4n) is 2.98. The summed E-state index contributed by atoms with van der Waals surface area (Å²) in [5.41, 5.74) is 1.67. The van der Waals surface area contributed by atoms with Gasteiger partial charge in [-0.2, -0.15) is 0 Å². The molecule has 1 aromatic heterocycles. The van der Waals surface area contributed by atoms with E-state index < -0.39 is 10.0 Å². The van der Waals surface area contributed by atoms with Gasteiger partial charge in [0.2, 0.25) is 10.0 Å². The maximum atomic E-state index is 12.5. The molecular weight excluding hydrogens is 286 g/mol. The topological polar surface area (TPSA) is 64.0 Å². The van der Waals surface area contributed by atoms with E-state index in [1.165, 1.54) is 6.42 Å². The Morgan fingerprint density at radius 1 is 1.24 bits per heavy atom. The van der Waals surface area contributed by atoms with Gasteiger partial charge in [-0.15, -0.1) is 0 Å². The summed E-state index contributed by atoms with van der Waals surface area (Å²) in [4.78, 5) is 4.71. The van der Waals surface area contributed by atoms with Gasteiger partial charge < -0.3 is 4.57 Å². The SMILES string of the molecule is Cc1nc2cc(S(=O)(=O)NC3CCCCC3)ccc2n1C. The molecule has 6 heteroatoms. The van der Waals surface area contributed by atoms with Gasteiger partial charge in [0.15, 0.2) is 0 Å². The molecule has 0 bridgehead atoms. The molecule has 3 rings (SSSR count). The Morgan fingerprint density at radius 2 is 1.95 bits per heavy atom. The van der Waals surface area contributed by atoms with E-state index in [0.717, 1.165) is 42.5 Å². The lowest BCUT2D eigenvalue weighted by atomic mass is 9.96. The summed E-state index contributed by atoms with van der Waals surface area (Å²) in [5, 5.41) is 0. The third kappa shape index (κ3) is 2.82. The third-order valence-corrected chi connectivity index (χ3v) is 5.83. The number of hydrogen-bond acceptors (Lipinski definition) is 3. The predicted molar refractivity (Wildman–Crippen MR) is 82.6 cm³/mol. The fraction of sp³-hybridized carbons (Fsp3) is 0.533. The van der Waals surface area contributed by atoms with E-state index in [9.17, 15) is 8.42 Å². The number of hydrogen-bond donors (Lipinski definition) is 1. The number of sulfonamides is 1. The molecule has 1 N–H and O–H groups in total. The lowest BCUT2D eigenvalue weighted by molar-refractivity contribution is 0.412. The van der Waals surface area contributed by atoms with Crippen molar-refractivity contribution in [1.82, 2.24) is 14.3 Å². The first kappa shape index (κ1) is 14.5. The Bertz CT molecular complexity index is 759. The molecule has 1 saturated carbocycles. The molecule has 114 valence electrons. The summed E-state index contributed by atoms with van der Waals surface area (Å²) >= 11 is 0. The van der Waals surface area contributed by atoms with Crippen LogP contribution in [-0.2, 0) is 17.1 Å². The summed E-state index contributed by atoms with van der Waals surface area (Å²) in [6.07, 6.45) is 5.28. The second-order valence-corrected chi connectivity index (χ2v) is 7.54. The second kappa shape index (κ2) is 5.42. The van der Waals surface area contributed by atoms with Crippen LogP contribution in [0.25, 0.3) is 11.0 Å². The van der Waals surface area contributed by atoms with Crippen LogP contribution >= 0.6 is 0 Å². The number of fused-ring (bicyclic) bond motifs is 1.